The van der Waals surface area contributed by atoms with Gasteiger partial charge in [-0.05, 0) is 18.3 Å². The minimum atomic E-state index is 0.150. The standard InChI is InChI=1S/C14H12O.C2H6/c15-14(10-4-2-1-3-5-10)12-7-6-11-8-13(11)9-12;1-2/h1-7,9,11,13H,8H2;1-2H3. The van der Waals surface area contributed by atoms with Gasteiger partial charge in [0.15, 0.2) is 5.78 Å². The summed E-state index contributed by atoms with van der Waals surface area (Å²) >= 11 is 0. The number of Topliss-reactive ketones (excluding diaryl/α,β-unsaturated/α-hetero) is 1. The molecule has 1 fully saturated rings. The van der Waals surface area contributed by atoms with E-state index >= 15 is 0 Å². The first-order valence-electron chi connectivity index (χ1n) is 6.34. The Hall–Kier alpha value is -1.63. The molecule has 0 spiro atoms. The molecule has 0 bridgehead atoms. The quantitative estimate of drug-likeness (QED) is 0.696. The molecule has 0 saturated heterocycles. The number of carbonyl (C=O) groups is 1. The first kappa shape index (κ1) is 11.8. The highest BCUT2D eigenvalue weighted by Crippen LogP contribution is 2.44. The monoisotopic (exact) mass is 226 g/mol. The summed E-state index contributed by atoms with van der Waals surface area (Å²) in [5.41, 5.74) is 1.65. The second-order valence-corrected chi connectivity index (χ2v) is 4.24. The Kier molecular flexibility index (Phi) is 3.58. The smallest absolute Gasteiger partial charge is 0.192 e. The predicted octanol–water partition coefficient (Wildman–Crippen LogP) is 4.03. The average molecular weight is 226 g/mol. The lowest BCUT2D eigenvalue weighted by molar-refractivity contribution is 0.103. The van der Waals surface area contributed by atoms with E-state index in [-0.39, 0.29) is 5.78 Å². The molecule has 1 heteroatoms. The van der Waals surface area contributed by atoms with Crippen molar-refractivity contribution in [3.8, 4) is 0 Å². The van der Waals surface area contributed by atoms with Gasteiger partial charge in [-0.1, -0.05) is 62.4 Å². The maximum atomic E-state index is 12.0. The van der Waals surface area contributed by atoms with Gasteiger partial charge in [-0.2, -0.15) is 0 Å². The molecule has 0 aromatic heterocycles. The molecule has 1 nitrogen and oxygen atoms in total. The van der Waals surface area contributed by atoms with Gasteiger partial charge in [0.05, 0.1) is 0 Å². The van der Waals surface area contributed by atoms with E-state index in [4.69, 9.17) is 0 Å². The summed E-state index contributed by atoms with van der Waals surface area (Å²) in [7, 11) is 0. The van der Waals surface area contributed by atoms with Crippen LogP contribution in [-0.4, -0.2) is 5.78 Å². The lowest BCUT2D eigenvalue weighted by Crippen LogP contribution is -2.03. The molecule has 2 aliphatic rings. The summed E-state index contributed by atoms with van der Waals surface area (Å²) in [5.74, 6) is 1.51. The lowest BCUT2D eigenvalue weighted by Gasteiger charge is -2.05. The molecule has 3 rings (SSSR count). The first-order chi connectivity index (χ1) is 8.34. The van der Waals surface area contributed by atoms with Gasteiger partial charge in [0, 0.05) is 11.1 Å². The maximum absolute atomic E-state index is 12.0. The van der Waals surface area contributed by atoms with Crippen molar-refractivity contribution in [2.75, 3.05) is 0 Å². The number of rotatable bonds is 2. The van der Waals surface area contributed by atoms with Crippen LogP contribution in [0.15, 0.2) is 54.1 Å². The fourth-order valence-corrected chi connectivity index (χ4v) is 2.07. The molecule has 1 aromatic rings. The molecule has 2 unspecified atom stereocenters. The third-order valence-electron chi connectivity index (χ3n) is 3.11. The molecule has 2 atom stereocenters. The van der Waals surface area contributed by atoms with E-state index in [2.05, 4.69) is 12.2 Å². The van der Waals surface area contributed by atoms with Gasteiger partial charge in [0.1, 0.15) is 0 Å². The number of carbonyl (C=O) groups excluding carboxylic acids is 1. The molecule has 0 amide bonds. The summed E-state index contributed by atoms with van der Waals surface area (Å²) < 4.78 is 0. The van der Waals surface area contributed by atoms with E-state index in [1.54, 1.807) is 0 Å². The van der Waals surface area contributed by atoms with E-state index in [0.717, 1.165) is 17.1 Å². The molecule has 0 aliphatic heterocycles. The third kappa shape index (κ3) is 2.55. The summed E-state index contributed by atoms with van der Waals surface area (Å²) in [6.45, 7) is 4.00. The fraction of sp³-hybridized carbons (Fsp3) is 0.312. The average Bonchev–Trinajstić information content (AvgIpc) is 3.19. The van der Waals surface area contributed by atoms with Crippen molar-refractivity contribution in [1.82, 2.24) is 0 Å². The normalized spacial score (nSPS) is 24.0. The largest absolute Gasteiger partial charge is 0.289 e. The fourth-order valence-electron chi connectivity index (χ4n) is 2.07. The summed E-state index contributed by atoms with van der Waals surface area (Å²) in [4.78, 5) is 12.0. The van der Waals surface area contributed by atoms with Crippen LogP contribution >= 0.6 is 0 Å². The highest BCUT2D eigenvalue weighted by Gasteiger charge is 2.35. The highest BCUT2D eigenvalue weighted by atomic mass is 16.1. The predicted molar refractivity (Wildman–Crippen MR) is 70.9 cm³/mol. The Morgan fingerprint density at radius 2 is 1.82 bits per heavy atom. The van der Waals surface area contributed by atoms with Crippen molar-refractivity contribution in [3.05, 3.63) is 59.7 Å². The molecule has 88 valence electrons. The molecule has 17 heavy (non-hydrogen) atoms. The zero-order valence-corrected chi connectivity index (χ0v) is 10.4. The zero-order chi connectivity index (χ0) is 12.3. The maximum Gasteiger partial charge on any atom is 0.192 e. The molecule has 0 heterocycles. The van der Waals surface area contributed by atoms with Crippen LogP contribution in [0, 0.1) is 11.8 Å². The number of ketones is 1. The van der Waals surface area contributed by atoms with E-state index in [9.17, 15) is 4.79 Å². The van der Waals surface area contributed by atoms with Crippen molar-refractivity contribution >= 4 is 5.78 Å². The molecule has 1 aromatic carbocycles. The molecule has 2 aliphatic carbocycles. The van der Waals surface area contributed by atoms with E-state index in [0.29, 0.717) is 5.92 Å². The van der Waals surface area contributed by atoms with Crippen LogP contribution in [0.2, 0.25) is 0 Å². The van der Waals surface area contributed by atoms with Crippen LogP contribution in [0.4, 0.5) is 0 Å². The summed E-state index contributed by atoms with van der Waals surface area (Å²) in [6.07, 6.45) is 7.49. The topological polar surface area (TPSA) is 17.1 Å². The van der Waals surface area contributed by atoms with Crippen LogP contribution in [0.5, 0.6) is 0 Å². The molecular weight excluding hydrogens is 208 g/mol. The van der Waals surface area contributed by atoms with Gasteiger partial charge in [-0.15, -0.1) is 0 Å². The Balaban J connectivity index is 0.000000514. The second-order valence-electron chi connectivity index (χ2n) is 4.24. The van der Waals surface area contributed by atoms with Gasteiger partial charge in [-0.3, -0.25) is 4.79 Å². The number of hydrogen-bond donors (Lipinski definition) is 0. The Morgan fingerprint density at radius 3 is 2.47 bits per heavy atom. The minimum absolute atomic E-state index is 0.150. The van der Waals surface area contributed by atoms with E-state index < -0.39 is 0 Å². The Bertz CT molecular complexity index is 454. The van der Waals surface area contributed by atoms with Crippen LogP contribution < -0.4 is 0 Å². The van der Waals surface area contributed by atoms with Crippen LogP contribution in [-0.2, 0) is 0 Å². The number of benzene rings is 1. The van der Waals surface area contributed by atoms with Gasteiger partial charge >= 0.3 is 0 Å². The van der Waals surface area contributed by atoms with E-state index in [1.807, 2.05) is 50.3 Å². The third-order valence-corrected chi connectivity index (χ3v) is 3.11. The first-order valence-corrected chi connectivity index (χ1v) is 6.34. The Labute approximate surface area is 103 Å². The van der Waals surface area contributed by atoms with Gasteiger partial charge in [-0.25, -0.2) is 0 Å². The van der Waals surface area contributed by atoms with Crippen LogP contribution in [0.1, 0.15) is 30.6 Å². The van der Waals surface area contributed by atoms with Gasteiger partial charge in [0.25, 0.3) is 0 Å². The van der Waals surface area contributed by atoms with Crippen molar-refractivity contribution < 1.29 is 4.79 Å². The highest BCUT2D eigenvalue weighted by molar-refractivity contribution is 6.10. The second kappa shape index (κ2) is 5.13. The van der Waals surface area contributed by atoms with Crippen molar-refractivity contribution in [2.24, 2.45) is 11.8 Å². The van der Waals surface area contributed by atoms with Gasteiger partial charge < -0.3 is 0 Å². The summed E-state index contributed by atoms with van der Waals surface area (Å²) in [6, 6.07) is 9.48. The van der Waals surface area contributed by atoms with Crippen molar-refractivity contribution in [3.63, 3.8) is 0 Å². The Morgan fingerprint density at radius 1 is 1.12 bits per heavy atom. The minimum Gasteiger partial charge on any atom is -0.289 e. The number of fused-ring (bicyclic) bond motifs is 1. The zero-order valence-electron chi connectivity index (χ0n) is 10.4. The van der Waals surface area contributed by atoms with Crippen molar-refractivity contribution in [1.29, 1.82) is 0 Å². The molecule has 1 saturated carbocycles. The number of hydrogen-bond acceptors (Lipinski definition) is 1. The number of allylic oxidation sites excluding steroid dienone is 4. The van der Waals surface area contributed by atoms with Crippen LogP contribution in [0.25, 0.3) is 0 Å². The molecular formula is C16H18O. The molecule has 0 N–H and O–H groups in total. The van der Waals surface area contributed by atoms with Gasteiger partial charge in [0.2, 0.25) is 0 Å². The lowest BCUT2D eigenvalue weighted by atomic mass is 9.98. The SMILES string of the molecule is CC.O=C(C1=CC2CC2C=C1)c1ccccc1. The van der Waals surface area contributed by atoms with E-state index in [1.165, 1.54) is 6.42 Å². The van der Waals surface area contributed by atoms with Crippen LogP contribution in [0.3, 0.4) is 0 Å². The van der Waals surface area contributed by atoms with Crippen molar-refractivity contribution in [2.45, 2.75) is 20.3 Å². The molecule has 0 radical (unpaired) electrons. The summed E-state index contributed by atoms with van der Waals surface area (Å²) in [5, 5.41) is 0.